The molecule has 154 valence electrons. The molecule has 0 aliphatic carbocycles. The minimum absolute atomic E-state index is 0.128. The molecule has 2 heterocycles. The van der Waals surface area contributed by atoms with Crippen LogP contribution in [0.4, 0.5) is 11.5 Å². The number of aromatic nitrogens is 3. The lowest BCUT2D eigenvalue weighted by Gasteiger charge is -2.22. The van der Waals surface area contributed by atoms with Gasteiger partial charge in [0.15, 0.2) is 9.84 Å². The normalized spacial score (nSPS) is 12.3. The van der Waals surface area contributed by atoms with Crippen LogP contribution in [0.2, 0.25) is 0 Å². The second-order valence-corrected chi connectivity index (χ2v) is 10.5. The molecule has 0 radical (unpaired) electrons. The average molecular weight is 416 g/mol. The quantitative estimate of drug-likeness (QED) is 0.660. The summed E-state index contributed by atoms with van der Waals surface area (Å²) in [6.45, 7) is 9.30. The molecule has 0 aliphatic heterocycles. The number of rotatable bonds is 5. The molecule has 1 amide bonds. The molecule has 0 saturated carbocycles. The minimum Gasteiger partial charge on any atom is -0.365 e. The van der Waals surface area contributed by atoms with Crippen molar-refractivity contribution in [3.05, 3.63) is 41.7 Å². The smallest absolute Gasteiger partial charge is 0.252 e. The Hall–Kier alpha value is -2.94. The zero-order valence-electron chi connectivity index (χ0n) is 17.1. The Morgan fingerprint density at radius 2 is 1.97 bits per heavy atom. The van der Waals surface area contributed by atoms with Crippen molar-refractivity contribution in [2.24, 2.45) is 5.73 Å². The van der Waals surface area contributed by atoms with Crippen molar-refractivity contribution in [3.8, 4) is 0 Å². The van der Waals surface area contributed by atoms with Gasteiger partial charge in [0, 0.05) is 24.2 Å². The van der Waals surface area contributed by atoms with Crippen LogP contribution in [-0.4, -0.2) is 33.8 Å². The van der Waals surface area contributed by atoms with E-state index in [0.717, 1.165) is 5.56 Å². The molecule has 9 heteroatoms. The third kappa shape index (κ3) is 3.57. The zero-order valence-corrected chi connectivity index (χ0v) is 18.0. The lowest BCUT2D eigenvalue weighted by Crippen LogP contribution is -2.28. The summed E-state index contributed by atoms with van der Waals surface area (Å²) in [7, 11) is -3.67. The SMILES string of the molecule is CCn1nccc1Nc1c(C(N)=O)cnc2c(S(=O)(=O)C(C)(C)C)cc(C)cc12. The van der Waals surface area contributed by atoms with Crippen LogP contribution in [0.5, 0.6) is 0 Å². The predicted octanol–water partition coefficient (Wildman–Crippen LogP) is 3.17. The van der Waals surface area contributed by atoms with E-state index in [1.54, 1.807) is 56.8 Å². The van der Waals surface area contributed by atoms with Crippen molar-refractivity contribution in [2.75, 3.05) is 5.32 Å². The fourth-order valence-electron chi connectivity index (χ4n) is 3.08. The third-order valence-electron chi connectivity index (χ3n) is 4.71. The lowest BCUT2D eigenvalue weighted by atomic mass is 10.1. The number of sulfone groups is 1. The second kappa shape index (κ2) is 7.14. The van der Waals surface area contributed by atoms with Gasteiger partial charge in [-0.3, -0.25) is 9.78 Å². The van der Waals surface area contributed by atoms with Gasteiger partial charge in [-0.05, 0) is 52.3 Å². The highest BCUT2D eigenvalue weighted by molar-refractivity contribution is 7.93. The Morgan fingerprint density at radius 1 is 1.28 bits per heavy atom. The summed E-state index contributed by atoms with van der Waals surface area (Å²) in [5, 5.41) is 7.93. The van der Waals surface area contributed by atoms with E-state index in [9.17, 15) is 13.2 Å². The molecule has 0 spiro atoms. The summed E-state index contributed by atoms with van der Waals surface area (Å²) >= 11 is 0. The Morgan fingerprint density at radius 3 is 2.55 bits per heavy atom. The number of amides is 1. The average Bonchev–Trinajstić information content (AvgIpc) is 3.07. The number of hydrogen-bond donors (Lipinski definition) is 2. The number of hydrogen-bond acceptors (Lipinski definition) is 6. The molecule has 0 atom stereocenters. The van der Waals surface area contributed by atoms with Gasteiger partial charge >= 0.3 is 0 Å². The number of pyridine rings is 1. The molecule has 8 nitrogen and oxygen atoms in total. The fraction of sp³-hybridized carbons (Fsp3) is 0.350. The number of nitrogens with one attached hydrogen (secondary N) is 1. The number of carbonyl (C=O) groups excluding carboxylic acids is 1. The number of fused-ring (bicyclic) bond motifs is 1. The molecule has 3 rings (SSSR count). The zero-order chi connectivity index (χ0) is 21.6. The summed E-state index contributed by atoms with van der Waals surface area (Å²) in [4.78, 5) is 16.5. The highest BCUT2D eigenvalue weighted by Gasteiger charge is 2.33. The molecule has 2 aromatic heterocycles. The van der Waals surface area contributed by atoms with Crippen molar-refractivity contribution in [2.45, 2.75) is 50.8 Å². The molecular formula is C20H25N5O3S. The van der Waals surface area contributed by atoms with Gasteiger partial charge in [0.25, 0.3) is 5.91 Å². The number of carbonyl (C=O) groups is 1. The molecule has 0 bridgehead atoms. The first-order valence-electron chi connectivity index (χ1n) is 9.24. The van der Waals surface area contributed by atoms with Gasteiger partial charge in [-0.25, -0.2) is 13.1 Å². The fourth-order valence-corrected chi connectivity index (χ4v) is 4.50. The maximum Gasteiger partial charge on any atom is 0.252 e. The maximum atomic E-state index is 13.2. The highest BCUT2D eigenvalue weighted by atomic mass is 32.2. The molecule has 0 aliphatic rings. The van der Waals surface area contributed by atoms with Crippen LogP contribution in [0.15, 0.2) is 35.5 Å². The molecule has 29 heavy (non-hydrogen) atoms. The van der Waals surface area contributed by atoms with Gasteiger partial charge in [-0.15, -0.1) is 0 Å². The standard InChI is InChI=1S/C20H25N5O3S/c1-6-25-16(7-8-23-25)24-17-13-9-12(2)10-15(29(27,28)20(3,4)5)18(13)22-11-14(17)19(21)26/h7-11H,6H2,1-5H3,(H2,21,26)(H,22,24). The van der Waals surface area contributed by atoms with Crippen LogP contribution in [0.25, 0.3) is 10.9 Å². The number of anilines is 2. The van der Waals surface area contributed by atoms with Crippen LogP contribution in [0, 0.1) is 6.92 Å². The molecule has 0 fully saturated rings. The first kappa shape index (κ1) is 20.8. The summed E-state index contributed by atoms with van der Waals surface area (Å²) in [5.74, 6) is -0.00423. The van der Waals surface area contributed by atoms with Crippen LogP contribution in [0.3, 0.4) is 0 Å². The largest absolute Gasteiger partial charge is 0.365 e. The monoisotopic (exact) mass is 415 g/mol. The topological polar surface area (TPSA) is 120 Å². The van der Waals surface area contributed by atoms with Crippen LogP contribution in [-0.2, 0) is 16.4 Å². The van der Waals surface area contributed by atoms with E-state index in [4.69, 9.17) is 5.73 Å². The lowest BCUT2D eigenvalue weighted by molar-refractivity contribution is 0.100. The van der Waals surface area contributed by atoms with Gasteiger partial charge in [0.05, 0.1) is 32.6 Å². The Bertz CT molecular complexity index is 1210. The summed E-state index contributed by atoms with van der Waals surface area (Å²) < 4.78 is 27.1. The van der Waals surface area contributed by atoms with Crippen molar-refractivity contribution in [1.29, 1.82) is 0 Å². The summed E-state index contributed by atoms with van der Waals surface area (Å²) in [6, 6.07) is 5.18. The third-order valence-corrected chi connectivity index (χ3v) is 7.21. The van der Waals surface area contributed by atoms with Gasteiger partial charge < -0.3 is 11.1 Å². The predicted molar refractivity (Wildman–Crippen MR) is 113 cm³/mol. The number of nitrogens with zero attached hydrogens (tertiary/aromatic N) is 3. The summed E-state index contributed by atoms with van der Waals surface area (Å²) in [5.41, 5.74) is 7.18. The number of benzene rings is 1. The molecular weight excluding hydrogens is 390 g/mol. The van der Waals surface area contributed by atoms with Crippen LogP contribution < -0.4 is 11.1 Å². The van der Waals surface area contributed by atoms with Gasteiger partial charge in [0.2, 0.25) is 0 Å². The van der Waals surface area contributed by atoms with E-state index in [1.165, 1.54) is 6.20 Å². The molecule has 0 saturated heterocycles. The Balaban J connectivity index is 2.38. The van der Waals surface area contributed by atoms with Crippen LogP contribution in [0.1, 0.15) is 43.6 Å². The van der Waals surface area contributed by atoms with E-state index >= 15 is 0 Å². The molecule has 1 aromatic carbocycles. The van der Waals surface area contributed by atoms with Gasteiger partial charge in [0.1, 0.15) is 5.82 Å². The van der Waals surface area contributed by atoms with E-state index < -0.39 is 20.5 Å². The van der Waals surface area contributed by atoms with Gasteiger partial charge in [-0.1, -0.05) is 0 Å². The first-order valence-corrected chi connectivity index (χ1v) is 10.7. The molecule has 3 aromatic rings. The van der Waals surface area contributed by atoms with E-state index in [1.807, 2.05) is 6.92 Å². The summed E-state index contributed by atoms with van der Waals surface area (Å²) in [6.07, 6.45) is 2.95. The number of aryl methyl sites for hydroxylation is 2. The van der Waals surface area contributed by atoms with E-state index in [-0.39, 0.29) is 10.5 Å². The minimum atomic E-state index is -3.67. The van der Waals surface area contributed by atoms with Crippen LogP contribution >= 0.6 is 0 Å². The van der Waals surface area contributed by atoms with Crippen molar-refractivity contribution in [3.63, 3.8) is 0 Å². The number of nitrogens with two attached hydrogens (primary N) is 1. The van der Waals surface area contributed by atoms with E-state index in [2.05, 4.69) is 15.4 Å². The van der Waals surface area contributed by atoms with Gasteiger partial charge in [-0.2, -0.15) is 5.10 Å². The Labute approximate surface area is 170 Å². The van der Waals surface area contributed by atoms with E-state index in [0.29, 0.717) is 29.0 Å². The second-order valence-electron chi connectivity index (χ2n) is 7.84. The highest BCUT2D eigenvalue weighted by Crippen LogP contribution is 2.36. The number of primary amides is 1. The maximum absolute atomic E-state index is 13.2. The Kier molecular flexibility index (Phi) is 5.12. The first-order chi connectivity index (χ1) is 13.5. The van der Waals surface area contributed by atoms with Crippen molar-refractivity contribution < 1.29 is 13.2 Å². The van der Waals surface area contributed by atoms with Crippen molar-refractivity contribution >= 4 is 38.2 Å². The van der Waals surface area contributed by atoms with Crippen molar-refractivity contribution in [1.82, 2.24) is 14.8 Å². The molecule has 3 N–H and O–H groups in total. The molecule has 0 unspecified atom stereocenters.